The molecule has 88 valence electrons. The molecule has 0 saturated heterocycles. The van der Waals surface area contributed by atoms with Crippen molar-refractivity contribution in [1.29, 1.82) is 0 Å². The molecule has 0 unspecified atom stereocenters. The Bertz CT molecular complexity index is 507. The molecule has 2 aromatic rings. The van der Waals surface area contributed by atoms with Crippen LogP contribution in [0.3, 0.4) is 0 Å². The van der Waals surface area contributed by atoms with Crippen LogP contribution in [-0.4, -0.2) is 16.5 Å². The minimum Gasteiger partial charge on any atom is -0.439 e. The summed E-state index contributed by atoms with van der Waals surface area (Å²) in [4.78, 5) is 8.80. The van der Waals surface area contributed by atoms with E-state index in [-0.39, 0.29) is 0 Å². The first kappa shape index (κ1) is 10.5. The molecule has 0 aromatic carbocycles. The third-order valence-corrected chi connectivity index (χ3v) is 3.11. The number of fused-ring (bicyclic) bond motifs is 1. The Morgan fingerprint density at radius 1 is 1.41 bits per heavy atom. The Morgan fingerprint density at radius 3 is 3.18 bits per heavy atom. The summed E-state index contributed by atoms with van der Waals surface area (Å²) in [7, 11) is 0. The van der Waals surface area contributed by atoms with Gasteiger partial charge in [0.1, 0.15) is 11.5 Å². The lowest BCUT2D eigenvalue weighted by atomic mass is 10.1. The van der Waals surface area contributed by atoms with E-state index >= 15 is 0 Å². The Labute approximate surface area is 100 Å². The Balaban J connectivity index is 2.02. The van der Waals surface area contributed by atoms with Crippen LogP contribution in [0.1, 0.15) is 30.7 Å². The first-order chi connectivity index (χ1) is 8.34. The number of oxazole rings is 1. The fraction of sp³-hybridized carbons (Fsp3) is 0.385. The Hall–Kier alpha value is -1.68. The summed E-state index contributed by atoms with van der Waals surface area (Å²) >= 11 is 0. The molecule has 0 amide bonds. The van der Waals surface area contributed by atoms with Crippen LogP contribution in [0.5, 0.6) is 0 Å². The monoisotopic (exact) mass is 229 g/mol. The predicted octanol–water partition coefficient (Wildman–Crippen LogP) is 2.33. The zero-order chi connectivity index (χ0) is 11.7. The van der Waals surface area contributed by atoms with Crippen molar-refractivity contribution in [3.63, 3.8) is 0 Å². The summed E-state index contributed by atoms with van der Waals surface area (Å²) in [6.07, 6.45) is 2.84. The van der Waals surface area contributed by atoms with Gasteiger partial charge in [0.05, 0.1) is 5.69 Å². The van der Waals surface area contributed by atoms with Crippen molar-refractivity contribution in [3.8, 4) is 11.6 Å². The van der Waals surface area contributed by atoms with Gasteiger partial charge in [-0.05, 0) is 25.1 Å². The van der Waals surface area contributed by atoms with E-state index in [2.05, 4.69) is 22.2 Å². The van der Waals surface area contributed by atoms with Crippen molar-refractivity contribution in [1.82, 2.24) is 15.3 Å². The maximum Gasteiger partial charge on any atom is 0.245 e. The van der Waals surface area contributed by atoms with Gasteiger partial charge >= 0.3 is 0 Å². The topological polar surface area (TPSA) is 51.0 Å². The van der Waals surface area contributed by atoms with Crippen LogP contribution in [0.15, 0.2) is 28.8 Å². The van der Waals surface area contributed by atoms with E-state index in [0.717, 1.165) is 36.7 Å². The molecule has 4 nitrogen and oxygen atoms in total. The van der Waals surface area contributed by atoms with Gasteiger partial charge in [-0.25, -0.2) is 4.98 Å². The SMILES string of the molecule is C[C@@H]1CCNCc2nc(-c3ccccn3)oc21. The molecule has 17 heavy (non-hydrogen) atoms. The molecule has 0 bridgehead atoms. The standard InChI is InChI=1S/C13H15N3O/c1-9-5-7-14-8-11-12(9)17-13(16-11)10-4-2-3-6-15-10/h2-4,6,9,14H,5,7-8H2,1H3/t9-/m1/s1. The summed E-state index contributed by atoms with van der Waals surface area (Å²) in [5, 5.41) is 3.36. The van der Waals surface area contributed by atoms with Gasteiger partial charge in [-0.2, -0.15) is 0 Å². The van der Waals surface area contributed by atoms with Crippen LogP contribution >= 0.6 is 0 Å². The van der Waals surface area contributed by atoms with E-state index in [1.165, 1.54) is 0 Å². The maximum atomic E-state index is 5.87. The summed E-state index contributed by atoms with van der Waals surface area (Å²) in [6, 6.07) is 5.75. The highest BCUT2D eigenvalue weighted by molar-refractivity contribution is 5.47. The zero-order valence-electron chi connectivity index (χ0n) is 9.81. The molecule has 1 N–H and O–H groups in total. The van der Waals surface area contributed by atoms with E-state index < -0.39 is 0 Å². The normalized spacial score (nSPS) is 19.7. The van der Waals surface area contributed by atoms with E-state index in [9.17, 15) is 0 Å². The van der Waals surface area contributed by atoms with Crippen molar-refractivity contribution >= 4 is 0 Å². The van der Waals surface area contributed by atoms with E-state index in [1.807, 2.05) is 18.2 Å². The molecule has 2 aromatic heterocycles. The maximum absolute atomic E-state index is 5.87. The molecule has 3 rings (SSSR count). The molecule has 0 fully saturated rings. The number of hydrogen-bond donors (Lipinski definition) is 1. The van der Waals surface area contributed by atoms with Gasteiger partial charge in [-0.1, -0.05) is 13.0 Å². The third-order valence-electron chi connectivity index (χ3n) is 3.11. The Kier molecular flexibility index (Phi) is 2.65. The zero-order valence-corrected chi connectivity index (χ0v) is 9.81. The molecule has 1 aliphatic rings. The number of nitrogens with zero attached hydrogens (tertiary/aromatic N) is 2. The van der Waals surface area contributed by atoms with Crippen LogP contribution in [0.4, 0.5) is 0 Å². The lowest BCUT2D eigenvalue weighted by Gasteiger charge is -2.03. The number of nitrogens with one attached hydrogen (secondary N) is 1. The molecule has 0 saturated carbocycles. The van der Waals surface area contributed by atoms with E-state index in [4.69, 9.17) is 4.42 Å². The fourth-order valence-corrected chi connectivity index (χ4v) is 2.13. The minimum atomic E-state index is 0.421. The first-order valence-corrected chi connectivity index (χ1v) is 5.96. The van der Waals surface area contributed by atoms with Crippen molar-refractivity contribution in [2.45, 2.75) is 25.8 Å². The lowest BCUT2D eigenvalue weighted by Crippen LogP contribution is -2.12. The van der Waals surface area contributed by atoms with Crippen LogP contribution in [0.25, 0.3) is 11.6 Å². The minimum absolute atomic E-state index is 0.421. The molecular weight excluding hydrogens is 214 g/mol. The summed E-state index contributed by atoms with van der Waals surface area (Å²) < 4.78 is 5.87. The lowest BCUT2D eigenvalue weighted by molar-refractivity contribution is 0.470. The van der Waals surface area contributed by atoms with Gasteiger partial charge in [-0.15, -0.1) is 0 Å². The second-order valence-electron chi connectivity index (χ2n) is 4.41. The summed E-state index contributed by atoms with van der Waals surface area (Å²) in [5.74, 6) is 2.06. The molecule has 4 heteroatoms. The third kappa shape index (κ3) is 1.96. The van der Waals surface area contributed by atoms with Crippen LogP contribution < -0.4 is 5.32 Å². The molecular formula is C13H15N3O. The average Bonchev–Trinajstić information content (AvgIpc) is 2.72. The van der Waals surface area contributed by atoms with Gasteiger partial charge in [0.25, 0.3) is 0 Å². The highest BCUT2D eigenvalue weighted by Crippen LogP contribution is 2.29. The molecule has 1 aliphatic heterocycles. The average molecular weight is 229 g/mol. The quantitative estimate of drug-likeness (QED) is 0.815. The second kappa shape index (κ2) is 4.30. The predicted molar refractivity (Wildman–Crippen MR) is 64.5 cm³/mol. The van der Waals surface area contributed by atoms with Crippen LogP contribution in [-0.2, 0) is 6.54 Å². The molecule has 0 aliphatic carbocycles. The van der Waals surface area contributed by atoms with Crippen LogP contribution in [0.2, 0.25) is 0 Å². The highest BCUT2D eigenvalue weighted by atomic mass is 16.4. The fourth-order valence-electron chi connectivity index (χ4n) is 2.13. The van der Waals surface area contributed by atoms with Crippen molar-refractivity contribution in [2.75, 3.05) is 6.54 Å². The Morgan fingerprint density at radius 2 is 2.35 bits per heavy atom. The largest absolute Gasteiger partial charge is 0.439 e. The highest BCUT2D eigenvalue weighted by Gasteiger charge is 2.22. The van der Waals surface area contributed by atoms with Crippen molar-refractivity contribution in [2.24, 2.45) is 0 Å². The van der Waals surface area contributed by atoms with Gasteiger partial charge in [0.15, 0.2) is 0 Å². The van der Waals surface area contributed by atoms with Gasteiger partial charge in [-0.3, -0.25) is 4.98 Å². The summed E-state index contributed by atoms with van der Waals surface area (Å²) in [6.45, 7) is 3.99. The van der Waals surface area contributed by atoms with Gasteiger partial charge in [0.2, 0.25) is 5.89 Å². The van der Waals surface area contributed by atoms with E-state index in [0.29, 0.717) is 11.8 Å². The molecule has 0 spiro atoms. The number of pyridine rings is 1. The van der Waals surface area contributed by atoms with Gasteiger partial charge < -0.3 is 9.73 Å². The molecule has 0 radical (unpaired) electrons. The molecule has 1 atom stereocenters. The van der Waals surface area contributed by atoms with Gasteiger partial charge in [0, 0.05) is 18.7 Å². The number of aromatic nitrogens is 2. The number of hydrogen-bond acceptors (Lipinski definition) is 4. The van der Waals surface area contributed by atoms with Crippen molar-refractivity contribution < 1.29 is 4.42 Å². The number of rotatable bonds is 1. The smallest absolute Gasteiger partial charge is 0.245 e. The van der Waals surface area contributed by atoms with E-state index in [1.54, 1.807) is 6.20 Å². The first-order valence-electron chi connectivity index (χ1n) is 5.96. The van der Waals surface area contributed by atoms with Crippen LogP contribution in [0, 0.1) is 0 Å². The molecule has 3 heterocycles. The van der Waals surface area contributed by atoms with Crippen molar-refractivity contribution in [3.05, 3.63) is 35.9 Å². The summed E-state index contributed by atoms with van der Waals surface area (Å²) in [5.41, 5.74) is 1.82. The second-order valence-corrected chi connectivity index (χ2v) is 4.41.